The first kappa shape index (κ1) is 26.1. The van der Waals surface area contributed by atoms with Crippen molar-refractivity contribution in [2.24, 2.45) is 0 Å². The molecule has 1 fully saturated rings. The predicted molar refractivity (Wildman–Crippen MR) is 149 cm³/mol. The lowest BCUT2D eigenvalue weighted by molar-refractivity contribution is -0.139. The van der Waals surface area contributed by atoms with Gasteiger partial charge in [0.05, 0.1) is 17.8 Å². The zero-order valence-electron chi connectivity index (χ0n) is 21.8. The van der Waals surface area contributed by atoms with Gasteiger partial charge in [-0.05, 0) is 49.4 Å². The van der Waals surface area contributed by atoms with Crippen LogP contribution in [0, 0.1) is 0 Å². The Morgan fingerprint density at radius 3 is 2.67 bits per heavy atom. The molecule has 0 saturated carbocycles. The van der Waals surface area contributed by atoms with Gasteiger partial charge in [-0.25, -0.2) is 28.4 Å². The highest BCUT2D eigenvalue weighted by atomic mass is 32.2. The number of aromatic nitrogens is 5. The molecule has 0 aliphatic carbocycles. The van der Waals surface area contributed by atoms with Gasteiger partial charge in [-0.15, -0.1) is 0 Å². The molecule has 13 heteroatoms. The van der Waals surface area contributed by atoms with E-state index in [9.17, 15) is 18.3 Å². The third-order valence-corrected chi connectivity index (χ3v) is 9.03. The number of nitrogens with one attached hydrogen (secondary N) is 2. The van der Waals surface area contributed by atoms with Crippen molar-refractivity contribution in [3.8, 4) is 0 Å². The molecule has 208 valence electrons. The highest BCUT2D eigenvalue weighted by molar-refractivity contribution is 7.89. The Balaban J connectivity index is 1.17. The standard InChI is InChI=1S/C27H30N8O4S/c36-27(37)22(33-40(38,39)20-6-2-1-3-7-20)15-35-17-31-23-25(29-16-30-26(23)35)34-13-10-18(11-14-34)21-9-8-19-5-4-12-28-24(19)32-21/h1-3,6-9,16-18,22,33H,4-5,10-15H2,(H,28,32)(H,36,37). The first-order valence-corrected chi connectivity index (χ1v) is 14.8. The number of carboxylic acid groups (broad SMARTS) is 1. The summed E-state index contributed by atoms with van der Waals surface area (Å²) in [5.41, 5.74) is 3.39. The topological polar surface area (TPSA) is 155 Å². The molecule has 4 aromatic rings. The maximum absolute atomic E-state index is 12.8. The molecule has 1 unspecified atom stereocenters. The number of aliphatic carboxylic acids is 1. The highest BCUT2D eigenvalue weighted by Crippen LogP contribution is 2.32. The molecule has 6 rings (SSSR count). The molecule has 0 bridgehead atoms. The van der Waals surface area contributed by atoms with E-state index in [-0.39, 0.29) is 11.4 Å². The second-order valence-electron chi connectivity index (χ2n) is 10.1. The maximum atomic E-state index is 12.8. The fraction of sp³-hybridized carbons (Fsp3) is 0.370. The lowest BCUT2D eigenvalue weighted by Crippen LogP contribution is -2.43. The van der Waals surface area contributed by atoms with E-state index in [2.05, 4.69) is 42.0 Å². The SMILES string of the molecule is O=C(O)C(Cn1cnc2c(N3CCC(c4ccc5c(n4)NCCC5)CC3)ncnc21)NS(=O)(=O)c1ccccc1. The van der Waals surface area contributed by atoms with Crippen LogP contribution < -0.4 is 14.9 Å². The summed E-state index contributed by atoms with van der Waals surface area (Å²) < 4.78 is 29.4. The summed E-state index contributed by atoms with van der Waals surface area (Å²) in [6, 6.07) is 10.6. The largest absolute Gasteiger partial charge is 0.480 e. The van der Waals surface area contributed by atoms with Crippen molar-refractivity contribution in [3.05, 3.63) is 66.4 Å². The van der Waals surface area contributed by atoms with E-state index in [4.69, 9.17) is 4.98 Å². The van der Waals surface area contributed by atoms with Crippen molar-refractivity contribution in [1.29, 1.82) is 0 Å². The van der Waals surface area contributed by atoms with Gasteiger partial charge in [-0.1, -0.05) is 24.3 Å². The summed E-state index contributed by atoms with van der Waals surface area (Å²) in [7, 11) is -4.03. The van der Waals surface area contributed by atoms with Crippen LogP contribution in [0.3, 0.4) is 0 Å². The van der Waals surface area contributed by atoms with Crippen molar-refractivity contribution in [1.82, 2.24) is 29.2 Å². The molecule has 0 spiro atoms. The molecule has 2 aliphatic heterocycles. The number of benzene rings is 1. The molecule has 12 nitrogen and oxygen atoms in total. The molecule has 3 aromatic heterocycles. The molecule has 1 saturated heterocycles. The minimum atomic E-state index is -4.03. The lowest BCUT2D eigenvalue weighted by Gasteiger charge is -2.33. The highest BCUT2D eigenvalue weighted by Gasteiger charge is 2.28. The number of pyridine rings is 1. The van der Waals surface area contributed by atoms with Gasteiger partial charge in [-0.3, -0.25) is 4.79 Å². The van der Waals surface area contributed by atoms with Gasteiger partial charge in [0.1, 0.15) is 18.2 Å². The van der Waals surface area contributed by atoms with Crippen LogP contribution in [0.2, 0.25) is 0 Å². The number of imidazole rings is 1. The van der Waals surface area contributed by atoms with Crippen LogP contribution in [-0.2, 0) is 27.8 Å². The zero-order valence-corrected chi connectivity index (χ0v) is 22.6. The quantitative estimate of drug-likeness (QED) is 0.291. The number of piperidine rings is 1. The summed E-state index contributed by atoms with van der Waals surface area (Å²) in [4.78, 5) is 32.4. The average Bonchev–Trinajstić information content (AvgIpc) is 3.40. The lowest BCUT2D eigenvalue weighted by atomic mass is 9.92. The van der Waals surface area contributed by atoms with Gasteiger partial charge >= 0.3 is 5.97 Å². The van der Waals surface area contributed by atoms with Gasteiger partial charge in [0.2, 0.25) is 10.0 Å². The van der Waals surface area contributed by atoms with Gasteiger partial charge in [-0.2, -0.15) is 4.72 Å². The number of rotatable bonds is 8. The third kappa shape index (κ3) is 5.21. The van der Waals surface area contributed by atoms with Crippen LogP contribution in [0.5, 0.6) is 0 Å². The minimum Gasteiger partial charge on any atom is -0.480 e. The average molecular weight is 563 g/mol. The van der Waals surface area contributed by atoms with Crippen molar-refractivity contribution >= 4 is 38.8 Å². The van der Waals surface area contributed by atoms with Crippen LogP contribution in [0.25, 0.3) is 11.2 Å². The van der Waals surface area contributed by atoms with Crippen LogP contribution in [0.4, 0.5) is 11.6 Å². The van der Waals surface area contributed by atoms with E-state index in [1.807, 2.05) is 0 Å². The molecule has 0 radical (unpaired) electrons. The smallest absolute Gasteiger partial charge is 0.323 e. The van der Waals surface area contributed by atoms with E-state index in [0.29, 0.717) is 22.9 Å². The Hall–Kier alpha value is -4.10. The Morgan fingerprint density at radius 2 is 1.90 bits per heavy atom. The number of fused-ring (bicyclic) bond motifs is 2. The van der Waals surface area contributed by atoms with Crippen LogP contribution in [0.15, 0.2) is 60.0 Å². The molecule has 40 heavy (non-hydrogen) atoms. The molecule has 0 amide bonds. The van der Waals surface area contributed by atoms with E-state index in [1.165, 1.54) is 30.4 Å². The second kappa shape index (κ2) is 10.8. The molecular weight excluding hydrogens is 532 g/mol. The number of nitrogens with zero attached hydrogens (tertiary/aromatic N) is 6. The van der Waals surface area contributed by atoms with Gasteiger partial charge < -0.3 is 19.9 Å². The van der Waals surface area contributed by atoms with Gasteiger partial charge in [0, 0.05) is 31.2 Å². The minimum absolute atomic E-state index is 0.00777. The summed E-state index contributed by atoms with van der Waals surface area (Å²) in [6.07, 6.45) is 6.95. The predicted octanol–water partition coefficient (Wildman–Crippen LogP) is 2.40. The zero-order chi connectivity index (χ0) is 27.7. The number of hydrogen-bond donors (Lipinski definition) is 3. The number of sulfonamides is 1. The van der Waals surface area contributed by atoms with E-state index in [1.54, 1.807) is 22.8 Å². The maximum Gasteiger partial charge on any atom is 0.323 e. The monoisotopic (exact) mass is 562 g/mol. The summed E-state index contributed by atoms with van der Waals surface area (Å²) >= 11 is 0. The molecule has 1 atom stereocenters. The molecule has 2 aliphatic rings. The van der Waals surface area contributed by atoms with Crippen LogP contribution in [-0.4, -0.2) is 69.7 Å². The summed E-state index contributed by atoms with van der Waals surface area (Å²) in [5.74, 6) is 0.747. The summed E-state index contributed by atoms with van der Waals surface area (Å²) in [5, 5.41) is 13.2. The van der Waals surface area contributed by atoms with E-state index >= 15 is 0 Å². The van der Waals surface area contributed by atoms with E-state index < -0.39 is 22.0 Å². The molecule has 1 aromatic carbocycles. The Bertz CT molecular complexity index is 1640. The van der Waals surface area contributed by atoms with Crippen molar-refractivity contribution in [2.45, 2.75) is 49.1 Å². The Morgan fingerprint density at radius 1 is 1.10 bits per heavy atom. The number of carbonyl (C=O) groups is 1. The van der Waals surface area contributed by atoms with Crippen LogP contribution in [0.1, 0.15) is 36.4 Å². The van der Waals surface area contributed by atoms with E-state index in [0.717, 1.165) is 56.8 Å². The molecule has 3 N–H and O–H groups in total. The van der Waals surface area contributed by atoms with Crippen molar-refractivity contribution in [3.63, 3.8) is 0 Å². The molecular formula is C27H30N8O4S. The Labute approximate surface area is 231 Å². The van der Waals surface area contributed by atoms with Gasteiger partial charge in [0.15, 0.2) is 17.0 Å². The molecule has 5 heterocycles. The first-order valence-electron chi connectivity index (χ1n) is 13.3. The normalized spacial score (nSPS) is 16.9. The number of carboxylic acids is 1. The first-order chi connectivity index (χ1) is 19.4. The Kier molecular flexibility index (Phi) is 7.07. The third-order valence-electron chi connectivity index (χ3n) is 7.54. The van der Waals surface area contributed by atoms with Gasteiger partial charge in [0.25, 0.3) is 0 Å². The number of hydrogen-bond acceptors (Lipinski definition) is 9. The second-order valence-corrected chi connectivity index (χ2v) is 11.8. The number of anilines is 2. The number of aryl methyl sites for hydroxylation is 1. The van der Waals surface area contributed by atoms with Crippen LogP contribution >= 0.6 is 0 Å². The fourth-order valence-electron chi connectivity index (χ4n) is 5.41. The van der Waals surface area contributed by atoms with Crippen molar-refractivity contribution < 1.29 is 18.3 Å². The fourth-order valence-corrected chi connectivity index (χ4v) is 6.61. The summed E-state index contributed by atoms with van der Waals surface area (Å²) in [6.45, 7) is 2.31. The van der Waals surface area contributed by atoms with Crippen molar-refractivity contribution in [2.75, 3.05) is 29.9 Å².